The number of fused-ring (bicyclic) bond motifs is 2. The topological polar surface area (TPSA) is 73.3 Å². The Morgan fingerprint density at radius 3 is 2.85 bits per heavy atom. The average molecular weight is 375 g/mol. The summed E-state index contributed by atoms with van der Waals surface area (Å²) in [5.74, 6) is 1.17. The first-order valence-electron chi connectivity index (χ1n) is 8.28. The van der Waals surface area contributed by atoms with Crippen molar-refractivity contribution in [2.24, 2.45) is 0 Å². The van der Waals surface area contributed by atoms with E-state index in [1.165, 1.54) is 11.3 Å². The molecule has 1 amide bonds. The molecule has 1 aliphatic rings. The third-order valence-corrected chi connectivity index (χ3v) is 4.97. The van der Waals surface area contributed by atoms with Crippen LogP contribution in [0.3, 0.4) is 0 Å². The molecule has 0 spiro atoms. The van der Waals surface area contributed by atoms with Gasteiger partial charge in [-0.05, 0) is 30.3 Å². The maximum atomic E-state index is 12.9. The second-order valence-electron chi connectivity index (χ2n) is 5.93. The van der Waals surface area contributed by atoms with Gasteiger partial charge < -0.3 is 9.47 Å². The molecule has 132 valence electrons. The van der Waals surface area contributed by atoms with E-state index in [4.69, 9.17) is 14.5 Å². The Morgan fingerprint density at radius 2 is 1.96 bits per heavy atom. The molecule has 0 aliphatic carbocycles. The lowest BCUT2D eigenvalue weighted by molar-refractivity contribution is 0.102. The molecule has 0 saturated heterocycles. The summed E-state index contributed by atoms with van der Waals surface area (Å²) in [5, 5.41) is 6.01. The monoisotopic (exact) mass is 375 g/mol. The highest BCUT2D eigenvalue weighted by Gasteiger charge is 2.18. The molecule has 0 radical (unpaired) electrons. The molecule has 6 nitrogen and oxygen atoms in total. The Kier molecular flexibility index (Phi) is 3.72. The minimum absolute atomic E-state index is 0.214. The molecule has 0 saturated carbocycles. The van der Waals surface area contributed by atoms with Gasteiger partial charge in [-0.15, -0.1) is 11.3 Å². The number of thiazole rings is 1. The summed E-state index contributed by atoms with van der Waals surface area (Å²) in [6.07, 6.45) is 1.66. The lowest BCUT2D eigenvalue weighted by Gasteiger charge is -2.10. The normalized spacial score (nSPS) is 12.3. The Bertz CT molecular complexity index is 1160. The van der Waals surface area contributed by atoms with Gasteiger partial charge in [0.2, 0.25) is 6.79 Å². The van der Waals surface area contributed by atoms with Crippen LogP contribution in [0, 0.1) is 0 Å². The number of rotatable bonds is 3. The van der Waals surface area contributed by atoms with Crippen LogP contribution < -0.4 is 14.8 Å². The quantitative estimate of drug-likeness (QED) is 0.577. The van der Waals surface area contributed by atoms with Gasteiger partial charge in [0.05, 0.1) is 16.8 Å². The van der Waals surface area contributed by atoms with Crippen molar-refractivity contribution in [2.75, 3.05) is 12.1 Å². The van der Waals surface area contributed by atoms with Gasteiger partial charge in [0.1, 0.15) is 0 Å². The minimum Gasteiger partial charge on any atom is -0.454 e. The molecule has 7 heteroatoms. The Balaban J connectivity index is 1.63. The van der Waals surface area contributed by atoms with Gasteiger partial charge in [-0.1, -0.05) is 18.2 Å². The molecule has 0 atom stereocenters. The highest BCUT2D eigenvalue weighted by molar-refractivity contribution is 7.13. The number of carbonyl (C=O) groups excluding carboxylic acids is 1. The van der Waals surface area contributed by atoms with E-state index < -0.39 is 0 Å². The number of nitrogens with zero attached hydrogens (tertiary/aromatic N) is 2. The molecule has 1 aliphatic heterocycles. The van der Waals surface area contributed by atoms with Crippen LogP contribution in [0.2, 0.25) is 0 Å². The van der Waals surface area contributed by atoms with Gasteiger partial charge in [0, 0.05) is 22.5 Å². The molecule has 27 heavy (non-hydrogen) atoms. The summed E-state index contributed by atoms with van der Waals surface area (Å²) in [6, 6.07) is 15.0. The second kappa shape index (κ2) is 6.37. The van der Waals surface area contributed by atoms with E-state index in [0.29, 0.717) is 27.9 Å². The fraction of sp³-hybridized carbons (Fsp3) is 0.0500. The number of hydrogen-bond donors (Lipinski definition) is 1. The molecule has 4 aromatic rings. The molecule has 2 aromatic carbocycles. The van der Waals surface area contributed by atoms with Gasteiger partial charge in [0.15, 0.2) is 16.6 Å². The summed E-state index contributed by atoms with van der Waals surface area (Å²) in [7, 11) is 0. The maximum absolute atomic E-state index is 12.9. The second-order valence-corrected chi connectivity index (χ2v) is 6.83. The van der Waals surface area contributed by atoms with E-state index in [-0.39, 0.29) is 12.7 Å². The van der Waals surface area contributed by atoms with Gasteiger partial charge in [0.25, 0.3) is 5.91 Å². The third kappa shape index (κ3) is 2.88. The van der Waals surface area contributed by atoms with Crippen LogP contribution in [0.5, 0.6) is 11.5 Å². The van der Waals surface area contributed by atoms with Crippen molar-refractivity contribution in [1.82, 2.24) is 9.97 Å². The zero-order chi connectivity index (χ0) is 18.2. The van der Waals surface area contributed by atoms with E-state index in [2.05, 4.69) is 10.3 Å². The lowest BCUT2D eigenvalue weighted by Crippen LogP contribution is -2.12. The van der Waals surface area contributed by atoms with Crippen molar-refractivity contribution in [3.8, 4) is 22.8 Å². The average Bonchev–Trinajstić information content (AvgIpc) is 3.38. The van der Waals surface area contributed by atoms with Crippen LogP contribution in [0.1, 0.15) is 10.4 Å². The van der Waals surface area contributed by atoms with Gasteiger partial charge in [-0.2, -0.15) is 0 Å². The molecule has 0 bridgehead atoms. The molecule has 5 rings (SSSR count). The number of para-hydroxylation sites is 1. The van der Waals surface area contributed by atoms with Crippen molar-refractivity contribution < 1.29 is 14.3 Å². The van der Waals surface area contributed by atoms with Crippen molar-refractivity contribution in [3.63, 3.8) is 0 Å². The Labute approximate surface area is 158 Å². The number of carbonyl (C=O) groups is 1. The Hall–Kier alpha value is -3.45. The largest absolute Gasteiger partial charge is 0.454 e. The van der Waals surface area contributed by atoms with Gasteiger partial charge in [-0.25, -0.2) is 9.97 Å². The van der Waals surface area contributed by atoms with Crippen LogP contribution in [0.15, 0.2) is 60.1 Å². The molecule has 0 fully saturated rings. The van der Waals surface area contributed by atoms with E-state index >= 15 is 0 Å². The summed E-state index contributed by atoms with van der Waals surface area (Å²) >= 11 is 1.38. The van der Waals surface area contributed by atoms with Crippen molar-refractivity contribution in [2.45, 2.75) is 0 Å². The van der Waals surface area contributed by atoms with E-state index in [1.807, 2.05) is 47.8 Å². The minimum atomic E-state index is -0.217. The number of nitrogens with one attached hydrogen (secondary N) is 1. The third-order valence-electron chi connectivity index (χ3n) is 4.28. The summed E-state index contributed by atoms with van der Waals surface area (Å²) < 4.78 is 10.8. The van der Waals surface area contributed by atoms with Gasteiger partial charge in [-0.3, -0.25) is 10.1 Å². The highest BCUT2D eigenvalue weighted by Crippen LogP contribution is 2.36. The summed E-state index contributed by atoms with van der Waals surface area (Å²) in [5.41, 5.74) is 2.84. The van der Waals surface area contributed by atoms with Crippen molar-refractivity contribution in [1.29, 1.82) is 0 Å². The van der Waals surface area contributed by atoms with Crippen LogP contribution in [-0.2, 0) is 0 Å². The molecule has 0 unspecified atom stereocenters. The van der Waals surface area contributed by atoms with Crippen LogP contribution in [-0.4, -0.2) is 22.7 Å². The molecular formula is C20H13N3O3S. The van der Waals surface area contributed by atoms with E-state index in [1.54, 1.807) is 12.3 Å². The summed E-state index contributed by atoms with van der Waals surface area (Å²) in [4.78, 5) is 21.7. The predicted molar refractivity (Wildman–Crippen MR) is 103 cm³/mol. The standard InChI is InChI=1S/C20H13N3O3S/c24-19(23-20-21-7-8-27-20)14-10-16(22-15-4-2-1-3-13(14)15)12-5-6-17-18(9-12)26-11-25-17/h1-10H,11H2,(H,21,23,24). The first-order chi connectivity index (χ1) is 13.3. The fourth-order valence-electron chi connectivity index (χ4n) is 3.02. The SMILES string of the molecule is O=C(Nc1nccs1)c1cc(-c2ccc3c(c2)OCO3)nc2ccccc12. The first-order valence-corrected chi connectivity index (χ1v) is 9.16. The highest BCUT2D eigenvalue weighted by atomic mass is 32.1. The number of pyridine rings is 1. The van der Waals surface area contributed by atoms with Crippen molar-refractivity contribution >= 4 is 33.3 Å². The van der Waals surface area contributed by atoms with E-state index in [0.717, 1.165) is 16.5 Å². The zero-order valence-electron chi connectivity index (χ0n) is 14.0. The number of anilines is 1. The molecule has 1 N–H and O–H groups in total. The predicted octanol–water partition coefficient (Wildman–Crippen LogP) is 4.34. The lowest BCUT2D eigenvalue weighted by atomic mass is 10.0. The van der Waals surface area contributed by atoms with Crippen LogP contribution in [0.4, 0.5) is 5.13 Å². The smallest absolute Gasteiger partial charge is 0.258 e. The van der Waals surface area contributed by atoms with Crippen molar-refractivity contribution in [3.05, 3.63) is 65.7 Å². The summed E-state index contributed by atoms with van der Waals surface area (Å²) in [6.45, 7) is 0.214. The first kappa shape index (κ1) is 15.8. The molecule has 3 heterocycles. The number of aromatic nitrogens is 2. The number of ether oxygens (including phenoxy) is 2. The van der Waals surface area contributed by atoms with Crippen LogP contribution >= 0.6 is 11.3 Å². The molecule has 2 aromatic heterocycles. The number of hydrogen-bond acceptors (Lipinski definition) is 6. The maximum Gasteiger partial charge on any atom is 0.258 e. The van der Waals surface area contributed by atoms with Crippen LogP contribution in [0.25, 0.3) is 22.2 Å². The number of amides is 1. The van der Waals surface area contributed by atoms with Gasteiger partial charge >= 0.3 is 0 Å². The zero-order valence-corrected chi connectivity index (χ0v) is 14.8. The number of benzene rings is 2. The van der Waals surface area contributed by atoms with E-state index in [9.17, 15) is 4.79 Å². The molecular weight excluding hydrogens is 362 g/mol. The Morgan fingerprint density at radius 1 is 1.07 bits per heavy atom. The fourth-order valence-corrected chi connectivity index (χ4v) is 3.54.